The zero-order valence-corrected chi connectivity index (χ0v) is 25.2. The first-order chi connectivity index (χ1) is 16.7. The van der Waals surface area contributed by atoms with Crippen molar-refractivity contribution in [2.75, 3.05) is 50.9 Å². The lowest BCUT2D eigenvalue weighted by atomic mass is 10.2. The van der Waals surface area contributed by atoms with E-state index in [9.17, 15) is 0 Å². The van der Waals surface area contributed by atoms with Gasteiger partial charge in [-0.3, -0.25) is 0 Å². The summed E-state index contributed by atoms with van der Waals surface area (Å²) in [7, 11) is 3.89. The summed E-state index contributed by atoms with van der Waals surface area (Å²) in [6.07, 6.45) is 9.94. The highest BCUT2D eigenvalue weighted by atomic mass is 35.5. The lowest BCUT2D eigenvalue weighted by Crippen LogP contribution is -2.19. The number of unbranched alkanes of at least 4 members (excludes halogenated alkanes) is 4. The van der Waals surface area contributed by atoms with Gasteiger partial charge in [-0.25, -0.2) is 9.97 Å². The van der Waals surface area contributed by atoms with E-state index in [4.69, 9.17) is 32.7 Å². The molecular formula is C24H38Cl4N4O2S2. The number of nitrogens with zero attached hydrogens (tertiary/aromatic N) is 2. The van der Waals surface area contributed by atoms with Crippen molar-refractivity contribution in [1.29, 1.82) is 0 Å². The number of nitrogens with one attached hydrogen (secondary N) is 2. The standard InChI is InChI=1S/C24H36Cl2N4O2S2.2ClH/c25-21-7-9-23(29-19-21)31-15-5-1-3-11-27-13-17-33-34-18-14-28-12-4-2-6-16-32-24-10-8-22(26)20-30-24;;/h7-10,19-20,27-28H,1-6,11-18H2;2*1H. The molecule has 0 spiro atoms. The van der Waals surface area contributed by atoms with Crippen LogP contribution in [0, 0.1) is 0 Å². The average Bonchev–Trinajstić information content (AvgIpc) is 2.85. The molecule has 0 saturated carbocycles. The van der Waals surface area contributed by atoms with Crippen LogP contribution in [0.2, 0.25) is 10.0 Å². The molecule has 0 aromatic carbocycles. The van der Waals surface area contributed by atoms with Crippen LogP contribution in [0.25, 0.3) is 0 Å². The van der Waals surface area contributed by atoms with Gasteiger partial charge in [0.1, 0.15) is 0 Å². The molecule has 0 aliphatic heterocycles. The van der Waals surface area contributed by atoms with Crippen LogP contribution < -0.4 is 20.1 Å². The van der Waals surface area contributed by atoms with Crippen LogP contribution in [-0.2, 0) is 0 Å². The molecule has 2 N–H and O–H groups in total. The summed E-state index contributed by atoms with van der Waals surface area (Å²) >= 11 is 11.6. The molecule has 0 unspecified atom stereocenters. The molecule has 0 aliphatic rings. The number of ether oxygens (including phenoxy) is 2. The second-order valence-electron chi connectivity index (χ2n) is 7.59. The minimum Gasteiger partial charge on any atom is -0.478 e. The Labute approximate surface area is 246 Å². The molecule has 36 heavy (non-hydrogen) atoms. The first kappa shape index (κ1) is 35.7. The third-order valence-electron chi connectivity index (χ3n) is 4.70. The molecule has 0 saturated heterocycles. The van der Waals surface area contributed by atoms with Crippen LogP contribution >= 0.6 is 69.6 Å². The molecule has 206 valence electrons. The van der Waals surface area contributed by atoms with E-state index < -0.39 is 0 Å². The molecule has 6 nitrogen and oxygen atoms in total. The molecule has 12 heteroatoms. The second kappa shape index (κ2) is 25.0. The van der Waals surface area contributed by atoms with E-state index in [1.807, 2.05) is 21.6 Å². The zero-order valence-electron chi connectivity index (χ0n) is 20.5. The molecular weight excluding hydrogens is 582 g/mol. The van der Waals surface area contributed by atoms with Gasteiger partial charge >= 0.3 is 0 Å². The van der Waals surface area contributed by atoms with E-state index in [0.29, 0.717) is 35.0 Å². The van der Waals surface area contributed by atoms with Gasteiger partial charge in [0.15, 0.2) is 0 Å². The first-order valence-electron chi connectivity index (χ1n) is 11.9. The molecule has 0 aliphatic carbocycles. The molecule has 0 atom stereocenters. The van der Waals surface area contributed by atoms with Crippen LogP contribution in [-0.4, -0.2) is 60.9 Å². The Morgan fingerprint density at radius 1 is 0.611 bits per heavy atom. The highest BCUT2D eigenvalue weighted by molar-refractivity contribution is 8.76. The van der Waals surface area contributed by atoms with Gasteiger partial charge in [0.25, 0.3) is 0 Å². The van der Waals surface area contributed by atoms with E-state index in [-0.39, 0.29) is 24.8 Å². The third-order valence-corrected chi connectivity index (χ3v) is 7.56. The maximum atomic E-state index is 5.81. The van der Waals surface area contributed by atoms with Crippen LogP contribution in [0.3, 0.4) is 0 Å². The van der Waals surface area contributed by atoms with Gasteiger partial charge in [-0.05, 0) is 63.7 Å². The van der Waals surface area contributed by atoms with E-state index in [1.165, 1.54) is 12.8 Å². The molecule has 2 rings (SSSR count). The molecule has 0 bridgehead atoms. The first-order valence-corrected chi connectivity index (χ1v) is 15.1. The Balaban J connectivity index is 0.00000612. The summed E-state index contributed by atoms with van der Waals surface area (Å²) in [6.45, 7) is 5.64. The summed E-state index contributed by atoms with van der Waals surface area (Å²) in [5, 5.41) is 8.28. The van der Waals surface area contributed by atoms with E-state index in [1.54, 1.807) is 36.7 Å². The maximum absolute atomic E-state index is 5.81. The van der Waals surface area contributed by atoms with Crippen LogP contribution in [0.4, 0.5) is 0 Å². The van der Waals surface area contributed by atoms with Crippen molar-refractivity contribution in [2.24, 2.45) is 0 Å². The molecule has 0 amide bonds. The lowest BCUT2D eigenvalue weighted by molar-refractivity contribution is 0.293. The molecule has 2 heterocycles. The van der Waals surface area contributed by atoms with Crippen molar-refractivity contribution < 1.29 is 9.47 Å². The number of aromatic nitrogens is 2. The zero-order chi connectivity index (χ0) is 24.1. The molecule has 0 radical (unpaired) electrons. The Kier molecular flexibility index (Phi) is 24.8. The van der Waals surface area contributed by atoms with Crippen molar-refractivity contribution in [3.8, 4) is 11.8 Å². The summed E-state index contributed by atoms with van der Waals surface area (Å²) in [4.78, 5) is 8.24. The number of hydrogen-bond donors (Lipinski definition) is 2. The predicted octanol–water partition coefficient (Wildman–Crippen LogP) is 6.99. The van der Waals surface area contributed by atoms with Crippen molar-refractivity contribution in [1.82, 2.24) is 20.6 Å². The van der Waals surface area contributed by atoms with Crippen LogP contribution in [0.5, 0.6) is 11.8 Å². The molecule has 2 aromatic rings. The van der Waals surface area contributed by atoms with Crippen molar-refractivity contribution in [2.45, 2.75) is 38.5 Å². The number of rotatable bonds is 21. The van der Waals surface area contributed by atoms with Gasteiger partial charge in [0, 0.05) is 49.1 Å². The van der Waals surface area contributed by atoms with Gasteiger partial charge < -0.3 is 20.1 Å². The fraction of sp³-hybridized carbons (Fsp3) is 0.583. The second-order valence-corrected chi connectivity index (χ2v) is 11.2. The lowest BCUT2D eigenvalue weighted by Gasteiger charge is -2.07. The quantitative estimate of drug-likeness (QED) is 0.114. The number of halogens is 4. The molecule has 2 aromatic heterocycles. The Hall–Kier alpha value is -0.320. The van der Waals surface area contributed by atoms with Gasteiger partial charge in [-0.2, -0.15) is 0 Å². The summed E-state index contributed by atoms with van der Waals surface area (Å²) in [5.74, 6) is 3.56. The van der Waals surface area contributed by atoms with Gasteiger partial charge in [-0.1, -0.05) is 44.8 Å². The summed E-state index contributed by atoms with van der Waals surface area (Å²) in [6, 6.07) is 7.19. The van der Waals surface area contributed by atoms with E-state index >= 15 is 0 Å². The largest absolute Gasteiger partial charge is 0.478 e. The maximum Gasteiger partial charge on any atom is 0.213 e. The monoisotopic (exact) mass is 618 g/mol. The summed E-state index contributed by atoms with van der Waals surface area (Å²) in [5.41, 5.74) is 0. The summed E-state index contributed by atoms with van der Waals surface area (Å²) < 4.78 is 11.2. The topological polar surface area (TPSA) is 68.3 Å². The van der Waals surface area contributed by atoms with Crippen molar-refractivity contribution >= 4 is 69.6 Å². The predicted molar refractivity (Wildman–Crippen MR) is 162 cm³/mol. The van der Waals surface area contributed by atoms with Gasteiger partial charge in [-0.15, -0.1) is 24.8 Å². The SMILES string of the molecule is Cl.Cl.Clc1ccc(OCCCCCNCCSSCCNCCCCCOc2ccc(Cl)cn2)nc1. The Bertz CT molecular complexity index is 686. The van der Waals surface area contributed by atoms with E-state index in [0.717, 1.165) is 63.4 Å². The normalized spacial score (nSPS) is 10.4. The fourth-order valence-electron chi connectivity index (χ4n) is 2.90. The fourth-order valence-corrected chi connectivity index (χ4v) is 5.02. The van der Waals surface area contributed by atoms with Crippen molar-refractivity contribution in [3.05, 3.63) is 46.7 Å². The number of hydrogen-bond acceptors (Lipinski definition) is 8. The minimum absolute atomic E-state index is 0. The van der Waals surface area contributed by atoms with Crippen LogP contribution in [0.1, 0.15) is 38.5 Å². The Morgan fingerprint density at radius 3 is 1.44 bits per heavy atom. The third kappa shape index (κ3) is 19.7. The smallest absolute Gasteiger partial charge is 0.213 e. The van der Waals surface area contributed by atoms with Gasteiger partial charge in [0.05, 0.1) is 23.3 Å². The van der Waals surface area contributed by atoms with Crippen LogP contribution in [0.15, 0.2) is 36.7 Å². The number of pyridine rings is 2. The highest BCUT2D eigenvalue weighted by Crippen LogP contribution is 2.19. The van der Waals surface area contributed by atoms with Crippen molar-refractivity contribution in [3.63, 3.8) is 0 Å². The molecule has 0 fully saturated rings. The highest BCUT2D eigenvalue weighted by Gasteiger charge is 1.98. The Morgan fingerprint density at radius 2 is 1.06 bits per heavy atom. The van der Waals surface area contributed by atoms with Gasteiger partial charge in [0.2, 0.25) is 11.8 Å². The minimum atomic E-state index is 0. The van der Waals surface area contributed by atoms with E-state index in [2.05, 4.69) is 20.6 Å². The average molecular weight is 621 g/mol.